The zero-order valence-electron chi connectivity index (χ0n) is 12.7. The molecule has 0 saturated carbocycles. The molecule has 4 nitrogen and oxygen atoms in total. The summed E-state index contributed by atoms with van der Waals surface area (Å²) in [5, 5.41) is 0. The largest absolute Gasteiger partial charge is 0.455 e. The third-order valence-corrected chi connectivity index (χ3v) is 3.10. The molecule has 0 aromatic heterocycles. The van der Waals surface area contributed by atoms with E-state index in [0.29, 0.717) is 6.42 Å². The Labute approximate surface area is 124 Å². The number of carbonyl (C=O) groups excluding carboxylic acids is 2. The minimum Gasteiger partial charge on any atom is -0.455 e. The number of ether oxygens (including phenoxy) is 2. The fourth-order valence-corrected chi connectivity index (χ4v) is 1.22. The average molecular weight is 334 g/mol. The van der Waals surface area contributed by atoms with E-state index >= 15 is 0 Å². The van der Waals surface area contributed by atoms with Crippen LogP contribution in [-0.2, 0) is 19.1 Å². The number of rotatable bonds is 7. The minimum absolute atomic E-state index is 0.298. The molecule has 0 aliphatic heterocycles. The molecule has 9 heteroatoms. The fraction of sp³-hybridized carbons (Fsp3) is 0.846. The second kappa shape index (κ2) is 7.23. The minimum atomic E-state index is -4.92. The lowest BCUT2D eigenvalue weighted by atomic mass is 9.90. The Kier molecular flexibility index (Phi) is 6.77. The van der Waals surface area contributed by atoms with Crippen LogP contribution in [0.3, 0.4) is 0 Å². The van der Waals surface area contributed by atoms with E-state index in [-0.39, 0.29) is 0 Å². The van der Waals surface area contributed by atoms with E-state index in [2.05, 4.69) is 9.47 Å². The van der Waals surface area contributed by atoms with Crippen LogP contribution in [0.25, 0.3) is 0 Å². The maximum absolute atomic E-state index is 13.8. The Morgan fingerprint density at radius 2 is 1.50 bits per heavy atom. The molecule has 0 amide bonds. The Morgan fingerprint density at radius 3 is 1.86 bits per heavy atom. The van der Waals surface area contributed by atoms with Gasteiger partial charge in [0.05, 0.1) is 5.41 Å². The standard InChI is InChI=1S/C13H19F5O4/c1-5-8(22-9(19)11(3,4)6-2)13(17,18)10(20)21-7-12(14,15)16/h8H,5-7H2,1-4H3. The molecule has 0 fully saturated rings. The van der Waals surface area contributed by atoms with Crippen LogP contribution in [0.1, 0.15) is 40.5 Å². The molecule has 1 unspecified atom stereocenters. The van der Waals surface area contributed by atoms with Gasteiger partial charge in [-0.2, -0.15) is 22.0 Å². The van der Waals surface area contributed by atoms with E-state index in [1.165, 1.54) is 20.8 Å². The van der Waals surface area contributed by atoms with Crippen LogP contribution in [0, 0.1) is 5.41 Å². The molecule has 0 saturated heterocycles. The van der Waals surface area contributed by atoms with Crippen molar-refractivity contribution in [3.05, 3.63) is 0 Å². The van der Waals surface area contributed by atoms with Gasteiger partial charge in [-0.15, -0.1) is 0 Å². The predicted octanol–water partition coefficient (Wildman–Crippen LogP) is 3.49. The van der Waals surface area contributed by atoms with Crippen LogP contribution < -0.4 is 0 Å². The third kappa shape index (κ3) is 5.76. The summed E-state index contributed by atoms with van der Waals surface area (Å²) in [6, 6.07) is 0. The molecule has 0 aliphatic rings. The SMILES string of the molecule is CCC(OC(=O)C(C)(C)CC)C(F)(F)C(=O)OCC(F)(F)F. The van der Waals surface area contributed by atoms with Gasteiger partial charge in [-0.1, -0.05) is 13.8 Å². The summed E-state index contributed by atoms with van der Waals surface area (Å²) < 4.78 is 71.4. The van der Waals surface area contributed by atoms with E-state index in [4.69, 9.17) is 0 Å². The van der Waals surface area contributed by atoms with Crippen molar-refractivity contribution in [1.29, 1.82) is 0 Å². The van der Waals surface area contributed by atoms with Crippen molar-refractivity contribution in [2.75, 3.05) is 6.61 Å². The lowest BCUT2D eigenvalue weighted by Crippen LogP contribution is -2.47. The topological polar surface area (TPSA) is 52.6 Å². The van der Waals surface area contributed by atoms with Crippen molar-refractivity contribution in [1.82, 2.24) is 0 Å². The van der Waals surface area contributed by atoms with E-state index in [0.717, 1.165) is 0 Å². The normalized spacial score (nSPS) is 14.4. The zero-order valence-corrected chi connectivity index (χ0v) is 12.7. The summed E-state index contributed by atoms with van der Waals surface area (Å²) in [5.74, 6) is -7.71. The van der Waals surface area contributed by atoms with Crippen molar-refractivity contribution in [2.45, 2.75) is 58.7 Å². The first kappa shape index (κ1) is 20.6. The summed E-state index contributed by atoms with van der Waals surface area (Å²) in [6.07, 6.45) is -7.27. The van der Waals surface area contributed by atoms with Crippen LogP contribution in [-0.4, -0.2) is 36.7 Å². The zero-order chi connectivity index (χ0) is 17.8. The molecule has 0 radical (unpaired) electrons. The quantitative estimate of drug-likeness (QED) is 0.528. The molecule has 0 aromatic carbocycles. The summed E-state index contributed by atoms with van der Waals surface area (Å²) in [4.78, 5) is 22.9. The molecule has 130 valence electrons. The lowest BCUT2D eigenvalue weighted by Gasteiger charge is -2.28. The highest BCUT2D eigenvalue weighted by molar-refractivity contribution is 5.80. The fourth-order valence-electron chi connectivity index (χ4n) is 1.22. The van der Waals surface area contributed by atoms with E-state index in [1.54, 1.807) is 6.92 Å². The highest BCUT2D eigenvalue weighted by Crippen LogP contribution is 2.30. The maximum atomic E-state index is 13.8. The van der Waals surface area contributed by atoms with E-state index in [9.17, 15) is 31.5 Å². The molecule has 1 atom stereocenters. The third-order valence-electron chi connectivity index (χ3n) is 3.10. The summed E-state index contributed by atoms with van der Waals surface area (Å²) >= 11 is 0. The van der Waals surface area contributed by atoms with Gasteiger partial charge in [0.15, 0.2) is 12.7 Å². The lowest BCUT2D eigenvalue weighted by molar-refractivity contribution is -0.219. The number of hydrogen-bond acceptors (Lipinski definition) is 4. The number of alkyl halides is 5. The van der Waals surface area contributed by atoms with Crippen LogP contribution in [0.5, 0.6) is 0 Å². The first-order valence-corrected chi connectivity index (χ1v) is 6.60. The summed E-state index contributed by atoms with van der Waals surface area (Å²) in [5.41, 5.74) is -1.06. The van der Waals surface area contributed by atoms with Gasteiger partial charge >= 0.3 is 24.0 Å². The first-order chi connectivity index (χ1) is 9.78. The van der Waals surface area contributed by atoms with Crippen molar-refractivity contribution in [3.8, 4) is 0 Å². The van der Waals surface area contributed by atoms with Gasteiger partial charge < -0.3 is 9.47 Å². The Balaban J connectivity index is 4.97. The smallest absolute Gasteiger partial charge is 0.422 e. The van der Waals surface area contributed by atoms with Crippen molar-refractivity contribution in [2.24, 2.45) is 5.41 Å². The number of carbonyl (C=O) groups is 2. The van der Waals surface area contributed by atoms with Gasteiger partial charge in [0.2, 0.25) is 0 Å². The van der Waals surface area contributed by atoms with Crippen LogP contribution in [0.4, 0.5) is 22.0 Å². The first-order valence-electron chi connectivity index (χ1n) is 6.60. The van der Waals surface area contributed by atoms with Gasteiger partial charge in [-0.3, -0.25) is 4.79 Å². The molecular weight excluding hydrogens is 315 g/mol. The monoisotopic (exact) mass is 334 g/mol. The Morgan fingerprint density at radius 1 is 1.00 bits per heavy atom. The van der Waals surface area contributed by atoms with E-state index < -0.39 is 48.6 Å². The van der Waals surface area contributed by atoms with Gasteiger partial charge in [0.25, 0.3) is 0 Å². The molecule has 0 spiro atoms. The van der Waals surface area contributed by atoms with Gasteiger partial charge in [-0.05, 0) is 26.7 Å². The molecule has 22 heavy (non-hydrogen) atoms. The second-order valence-electron chi connectivity index (χ2n) is 5.35. The van der Waals surface area contributed by atoms with Crippen molar-refractivity contribution in [3.63, 3.8) is 0 Å². The Hall–Kier alpha value is -1.41. The maximum Gasteiger partial charge on any atom is 0.422 e. The average Bonchev–Trinajstić information content (AvgIpc) is 2.40. The van der Waals surface area contributed by atoms with Gasteiger partial charge in [0, 0.05) is 0 Å². The van der Waals surface area contributed by atoms with Gasteiger partial charge in [0.1, 0.15) is 0 Å². The van der Waals surface area contributed by atoms with Crippen molar-refractivity contribution >= 4 is 11.9 Å². The van der Waals surface area contributed by atoms with Crippen LogP contribution in [0.15, 0.2) is 0 Å². The van der Waals surface area contributed by atoms with Crippen LogP contribution >= 0.6 is 0 Å². The van der Waals surface area contributed by atoms with Crippen molar-refractivity contribution < 1.29 is 41.0 Å². The van der Waals surface area contributed by atoms with Gasteiger partial charge in [-0.25, -0.2) is 4.79 Å². The predicted molar refractivity (Wildman–Crippen MR) is 66.2 cm³/mol. The highest BCUT2D eigenvalue weighted by Gasteiger charge is 2.52. The molecule has 0 N–H and O–H groups in total. The molecular formula is C13H19F5O4. The molecule has 0 heterocycles. The number of halogens is 5. The highest BCUT2D eigenvalue weighted by atomic mass is 19.4. The molecule has 0 aliphatic carbocycles. The van der Waals surface area contributed by atoms with E-state index in [1.807, 2.05) is 0 Å². The number of esters is 2. The molecule has 0 aromatic rings. The second-order valence-corrected chi connectivity index (χ2v) is 5.35. The Bertz CT molecular complexity index is 404. The molecule has 0 bridgehead atoms. The van der Waals surface area contributed by atoms with Crippen LogP contribution in [0.2, 0.25) is 0 Å². The summed E-state index contributed by atoms with van der Waals surface area (Å²) in [7, 11) is 0. The molecule has 0 rings (SSSR count). The summed E-state index contributed by atoms with van der Waals surface area (Å²) in [6.45, 7) is 3.64. The number of hydrogen-bond donors (Lipinski definition) is 0.